The van der Waals surface area contributed by atoms with Gasteiger partial charge in [0, 0.05) is 30.3 Å². The molecule has 6 aliphatic rings. The van der Waals surface area contributed by atoms with Crippen LogP contribution in [0.2, 0.25) is 0 Å². The Balaban J connectivity index is 1.39. The lowest BCUT2D eigenvalue weighted by molar-refractivity contribution is -0.215. The van der Waals surface area contributed by atoms with E-state index in [1.165, 1.54) is 6.92 Å². The number of ether oxygens (including phenoxy) is 3. The molecule has 3 saturated carbocycles. The van der Waals surface area contributed by atoms with Crippen molar-refractivity contribution in [3.05, 3.63) is 23.3 Å². The molecule has 1 saturated heterocycles. The molecular weight excluding hydrogens is 472 g/mol. The van der Waals surface area contributed by atoms with E-state index in [1.807, 2.05) is 19.9 Å². The van der Waals surface area contributed by atoms with Crippen molar-refractivity contribution >= 4 is 17.7 Å². The molecule has 0 aromatic carbocycles. The molecule has 1 N–H and O–H groups in total. The number of cyclic esters (lactones) is 1. The van der Waals surface area contributed by atoms with Gasteiger partial charge in [-0.05, 0) is 76.7 Å². The molecule has 1 spiro atoms. The SMILES string of the molecule is CC(=O)O[C@@H]1C[C@H]2[C@@H]3C[C@H]4O[C@]45CC=CC(=O)[C@]5(C)[C@H]3CC[C@]2(C)[C@@]1(O)[C@H](C)[C@H]1CC(C)=C(C)C(=O)O1. The highest BCUT2D eigenvalue weighted by Gasteiger charge is 2.79. The first-order valence-corrected chi connectivity index (χ1v) is 14.0. The summed E-state index contributed by atoms with van der Waals surface area (Å²) < 4.78 is 18.1. The molecule has 37 heavy (non-hydrogen) atoms. The van der Waals surface area contributed by atoms with Gasteiger partial charge in [0.25, 0.3) is 0 Å². The first kappa shape index (κ1) is 25.3. The van der Waals surface area contributed by atoms with E-state index in [-0.39, 0.29) is 41.2 Å². The van der Waals surface area contributed by atoms with E-state index in [1.54, 1.807) is 13.0 Å². The Bertz CT molecular complexity index is 1140. The average molecular weight is 513 g/mol. The van der Waals surface area contributed by atoms with Crippen LogP contribution in [0.1, 0.15) is 80.1 Å². The topological polar surface area (TPSA) is 102 Å². The van der Waals surface area contributed by atoms with Crippen molar-refractivity contribution in [2.45, 2.75) is 110 Å². The monoisotopic (exact) mass is 512 g/mol. The zero-order valence-electron chi connectivity index (χ0n) is 22.8. The number of carbonyl (C=O) groups excluding carboxylic acids is 3. The quantitative estimate of drug-likeness (QED) is 0.449. The highest BCUT2D eigenvalue weighted by atomic mass is 16.6. The van der Waals surface area contributed by atoms with Crippen molar-refractivity contribution in [1.29, 1.82) is 0 Å². The molecule has 4 fully saturated rings. The number of esters is 2. The summed E-state index contributed by atoms with van der Waals surface area (Å²) >= 11 is 0. The number of rotatable bonds is 3. The van der Waals surface area contributed by atoms with E-state index in [0.29, 0.717) is 24.8 Å². The minimum Gasteiger partial charge on any atom is -0.459 e. The van der Waals surface area contributed by atoms with E-state index in [0.717, 1.165) is 24.8 Å². The molecule has 11 atom stereocenters. The van der Waals surface area contributed by atoms with Crippen LogP contribution in [-0.2, 0) is 28.6 Å². The first-order chi connectivity index (χ1) is 17.3. The predicted octanol–water partition coefficient (Wildman–Crippen LogP) is 4.07. The summed E-state index contributed by atoms with van der Waals surface area (Å²) in [6, 6.07) is 0. The van der Waals surface area contributed by atoms with Crippen LogP contribution in [0.15, 0.2) is 23.3 Å². The standard InChI is InChI=1S/C30H40O7/c1-15-12-22(36-26(33)16(15)2)17(3)30(34)25(35-18(4)31)14-21-19-13-24-29(37-24)10-7-8-23(32)28(29,6)20(19)9-11-27(21,30)5/h7-8,17,19-22,24-25,34H,9-14H2,1-6H3/t17-,19-,20+,21+,22-,24-,25-,27+,28+,29-,30-/m1/s1. The van der Waals surface area contributed by atoms with Crippen LogP contribution in [0.5, 0.6) is 0 Å². The normalized spacial score (nSPS) is 50.9. The minimum absolute atomic E-state index is 0.0448. The number of allylic oxidation sites excluding steroid dienone is 1. The fourth-order valence-corrected chi connectivity index (χ4v) is 9.75. The number of ketones is 1. The van der Waals surface area contributed by atoms with Crippen molar-refractivity contribution in [3.63, 3.8) is 0 Å². The van der Waals surface area contributed by atoms with Crippen molar-refractivity contribution in [3.8, 4) is 0 Å². The molecule has 2 heterocycles. The summed E-state index contributed by atoms with van der Waals surface area (Å²) in [6.45, 7) is 11.3. The van der Waals surface area contributed by atoms with Crippen LogP contribution in [0.4, 0.5) is 0 Å². The van der Waals surface area contributed by atoms with Gasteiger partial charge >= 0.3 is 11.9 Å². The maximum Gasteiger partial charge on any atom is 0.333 e. The van der Waals surface area contributed by atoms with Gasteiger partial charge in [-0.1, -0.05) is 25.5 Å². The zero-order valence-corrected chi connectivity index (χ0v) is 22.8. The Kier molecular flexibility index (Phi) is 5.32. The van der Waals surface area contributed by atoms with Gasteiger partial charge in [-0.15, -0.1) is 0 Å². The third-order valence-corrected chi connectivity index (χ3v) is 12.1. The molecule has 0 unspecified atom stereocenters. The average Bonchev–Trinajstić information content (AvgIpc) is 3.50. The number of epoxide rings is 1. The van der Waals surface area contributed by atoms with E-state index in [2.05, 4.69) is 13.8 Å². The number of hydrogen-bond acceptors (Lipinski definition) is 7. The summed E-state index contributed by atoms with van der Waals surface area (Å²) in [5.41, 5.74) is -1.31. The van der Waals surface area contributed by atoms with Gasteiger partial charge in [-0.25, -0.2) is 4.79 Å². The number of fused-ring (bicyclic) bond motifs is 4. The van der Waals surface area contributed by atoms with Gasteiger partial charge in [-0.3, -0.25) is 9.59 Å². The second kappa shape index (κ2) is 7.78. The summed E-state index contributed by atoms with van der Waals surface area (Å²) in [6.07, 6.45) is 6.78. The second-order valence-electron chi connectivity index (χ2n) is 13.2. The molecule has 7 nitrogen and oxygen atoms in total. The Hall–Kier alpha value is -1.99. The molecule has 6 rings (SSSR count). The predicted molar refractivity (Wildman–Crippen MR) is 134 cm³/mol. The van der Waals surface area contributed by atoms with Gasteiger partial charge in [0.2, 0.25) is 0 Å². The summed E-state index contributed by atoms with van der Waals surface area (Å²) in [7, 11) is 0. The molecule has 202 valence electrons. The molecule has 0 amide bonds. The molecule has 2 aliphatic heterocycles. The van der Waals surface area contributed by atoms with Crippen LogP contribution in [0, 0.1) is 34.5 Å². The highest BCUT2D eigenvalue weighted by molar-refractivity contribution is 5.97. The van der Waals surface area contributed by atoms with Crippen molar-refractivity contribution in [2.24, 2.45) is 34.5 Å². The molecule has 4 aliphatic carbocycles. The lowest BCUT2D eigenvalue weighted by Gasteiger charge is -2.59. The van der Waals surface area contributed by atoms with E-state index >= 15 is 0 Å². The van der Waals surface area contributed by atoms with Gasteiger partial charge < -0.3 is 19.3 Å². The lowest BCUT2D eigenvalue weighted by atomic mass is 9.44. The largest absolute Gasteiger partial charge is 0.459 e. The Morgan fingerprint density at radius 3 is 2.59 bits per heavy atom. The van der Waals surface area contributed by atoms with Crippen molar-refractivity contribution in [2.75, 3.05) is 0 Å². The first-order valence-electron chi connectivity index (χ1n) is 14.0. The molecule has 0 aromatic heterocycles. The maximum atomic E-state index is 13.4. The van der Waals surface area contributed by atoms with Crippen LogP contribution < -0.4 is 0 Å². The van der Waals surface area contributed by atoms with E-state index < -0.39 is 40.5 Å². The molecule has 0 radical (unpaired) electrons. The minimum atomic E-state index is -1.37. The van der Waals surface area contributed by atoms with E-state index in [9.17, 15) is 19.5 Å². The molecular formula is C30H40O7. The smallest absolute Gasteiger partial charge is 0.333 e. The molecule has 0 aromatic rings. The third kappa shape index (κ3) is 2.99. The Labute approximate surface area is 219 Å². The fraction of sp³-hybridized carbons (Fsp3) is 0.767. The highest BCUT2D eigenvalue weighted by Crippen LogP contribution is 2.74. The van der Waals surface area contributed by atoms with Gasteiger partial charge in [0.1, 0.15) is 23.4 Å². The van der Waals surface area contributed by atoms with E-state index in [4.69, 9.17) is 14.2 Å². The Morgan fingerprint density at radius 1 is 1.19 bits per heavy atom. The third-order valence-electron chi connectivity index (χ3n) is 12.1. The van der Waals surface area contributed by atoms with Crippen molar-refractivity contribution < 1.29 is 33.7 Å². The summed E-state index contributed by atoms with van der Waals surface area (Å²) in [5, 5.41) is 12.7. The summed E-state index contributed by atoms with van der Waals surface area (Å²) in [5.74, 6) is -0.666. The Morgan fingerprint density at radius 2 is 1.92 bits per heavy atom. The number of hydrogen-bond donors (Lipinski definition) is 1. The molecule has 0 bridgehead atoms. The lowest BCUT2D eigenvalue weighted by Crippen LogP contribution is -2.64. The van der Waals surface area contributed by atoms with Gasteiger partial charge in [0.15, 0.2) is 5.78 Å². The van der Waals surface area contributed by atoms with Crippen molar-refractivity contribution in [1.82, 2.24) is 0 Å². The van der Waals surface area contributed by atoms with Gasteiger partial charge in [-0.2, -0.15) is 0 Å². The zero-order chi connectivity index (χ0) is 26.7. The van der Waals surface area contributed by atoms with Crippen LogP contribution >= 0.6 is 0 Å². The van der Waals surface area contributed by atoms with Crippen LogP contribution in [0.25, 0.3) is 0 Å². The number of carbonyl (C=O) groups is 3. The molecule has 7 heteroatoms. The second-order valence-corrected chi connectivity index (χ2v) is 13.2. The maximum absolute atomic E-state index is 13.4. The number of aliphatic hydroxyl groups is 1. The van der Waals surface area contributed by atoms with Gasteiger partial charge in [0.05, 0.1) is 11.5 Å². The fourth-order valence-electron chi connectivity index (χ4n) is 9.75. The van der Waals surface area contributed by atoms with Crippen LogP contribution in [-0.4, -0.2) is 52.3 Å². The summed E-state index contributed by atoms with van der Waals surface area (Å²) in [4.78, 5) is 38.3. The van der Waals surface area contributed by atoms with Crippen LogP contribution in [0.3, 0.4) is 0 Å².